The number of hydrogen-bond donors (Lipinski definition) is 0. The lowest BCUT2D eigenvalue weighted by Gasteiger charge is -2.13. The van der Waals surface area contributed by atoms with Crippen molar-refractivity contribution in [1.82, 2.24) is 34.9 Å². The van der Waals surface area contributed by atoms with E-state index in [-0.39, 0.29) is 16.7 Å². The van der Waals surface area contributed by atoms with E-state index in [4.69, 9.17) is 10.5 Å². The lowest BCUT2D eigenvalue weighted by atomic mass is 10.1. The zero-order chi connectivity index (χ0) is 67.1. The molecular formula is C71H48F12N10. The van der Waals surface area contributed by atoms with Gasteiger partial charge in [-0.1, -0.05) is 18.2 Å². The smallest absolute Gasteiger partial charge is 0.223 e. The summed E-state index contributed by atoms with van der Waals surface area (Å²) < 4.78 is 158. The summed E-state index contributed by atoms with van der Waals surface area (Å²) in [7, 11) is 3.78. The van der Waals surface area contributed by atoms with Gasteiger partial charge in [-0.15, -0.1) is 0 Å². The first-order valence-electron chi connectivity index (χ1n) is 27.3. The Kier molecular flexibility index (Phi) is 24.4. The van der Waals surface area contributed by atoms with E-state index in [9.17, 15) is 52.7 Å². The van der Waals surface area contributed by atoms with Gasteiger partial charge in [0.05, 0.1) is 28.5 Å². The van der Waals surface area contributed by atoms with E-state index in [0.717, 1.165) is 53.2 Å². The fourth-order valence-corrected chi connectivity index (χ4v) is 8.20. The maximum atomic E-state index is 13.8. The first kappa shape index (κ1) is 68.6. The third-order valence-electron chi connectivity index (χ3n) is 12.8. The molecule has 0 aliphatic heterocycles. The van der Waals surface area contributed by atoms with E-state index < -0.39 is 81.2 Å². The molecule has 0 saturated carbocycles. The molecule has 12 rings (SSSR count). The third-order valence-corrected chi connectivity index (χ3v) is 12.8. The van der Waals surface area contributed by atoms with Crippen molar-refractivity contribution in [2.24, 2.45) is 0 Å². The van der Waals surface area contributed by atoms with Crippen LogP contribution in [0.1, 0.15) is 22.3 Å². The Bertz CT molecular complexity index is 4510. The summed E-state index contributed by atoms with van der Waals surface area (Å²) in [5, 5.41) is 17.3. The molecule has 0 radical (unpaired) electrons. The number of aromatic nitrogens is 7. The number of benzene rings is 5. The molecule has 7 heterocycles. The summed E-state index contributed by atoms with van der Waals surface area (Å²) >= 11 is 0. The van der Waals surface area contributed by atoms with Gasteiger partial charge < -0.3 is 4.90 Å². The number of halogens is 12. The summed E-state index contributed by atoms with van der Waals surface area (Å²) in [4.78, 5) is 28.9. The zero-order valence-electron chi connectivity index (χ0n) is 49.3. The second-order valence-corrected chi connectivity index (χ2v) is 19.5. The van der Waals surface area contributed by atoms with Gasteiger partial charge in [-0.25, -0.2) is 43.9 Å². The van der Waals surface area contributed by atoms with E-state index in [1.165, 1.54) is 79.1 Å². The third kappa shape index (κ3) is 19.1. The number of pyridine rings is 7. The molecule has 0 spiro atoms. The molecule has 5 aromatic carbocycles. The topological polar surface area (TPSA) is 141 Å². The average Bonchev–Trinajstić information content (AvgIpc) is 0.962. The Morgan fingerprint density at radius 1 is 0.355 bits per heavy atom. The molecular weight excluding hydrogens is 1220 g/mol. The van der Waals surface area contributed by atoms with Crippen molar-refractivity contribution in [3.63, 3.8) is 0 Å². The van der Waals surface area contributed by atoms with Crippen LogP contribution in [0, 0.1) is 107 Å². The van der Waals surface area contributed by atoms with Crippen molar-refractivity contribution in [1.29, 1.82) is 10.5 Å². The summed E-state index contributed by atoms with van der Waals surface area (Å²) in [5.41, 5.74) is 5.96. The highest BCUT2D eigenvalue weighted by atomic mass is 19.2. The van der Waals surface area contributed by atoms with Crippen molar-refractivity contribution >= 4 is 5.69 Å². The second-order valence-electron chi connectivity index (χ2n) is 19.5. The molecule has 0 aliphatic rings. The standard InChI is InChI=1S/C13H12F2N2.C13H8F2N2.C12H6F2N2.C12H9F2N.C11H7F2N.C10H6F2N2/c1-17(2)10-5-6-16-13(8-10)11-4-3-9(14)7-12(11)15;1-8-4-5-17-12(6-8)9-2-3-11(14)10(7-16)13(9)15;13-10-5-4-8(12(14)9(10)7-15)11-3-1-2-6-16-11;1-8-4-5-15-12(6-8)10-3-2-9(13)7-11(10)14;12-8-4-5-9(10(13)7-8)11-3-1-2-6-14-11;11-9-4-3-8(10(12)14-9)7-2-1-5-13-6-7/h3-8H,1-2H3;2-6H,1H3;1-6H;2-7H,1H3;1-7H;1-6H. The molecule has 7 aromatic heterocycles. The monoisotopic (exact) mass is 1270 g/mol. The number of rotatable bonds is 7. The van der Waals surface area contributed by atoms with Crippen LogP contribution in [0.5, 0.6) is 0 Å². The Morgan fingerprint density at radius 3 is 1.17 bits per heavy atom. The molecule has 0 aliphatic carbocycles. The largest absolute Gasteiger partial charge is 0.378 e. The first-order valence-corrected chi connectivity index (χ1v) is 27.3. The lowest BCUT2D eigenvalue weighted by molar-refractivity contribution is 0.515. The quantitative estimate of drug-likeness (QED) is 0.112. The SMILES string of the molecule is CN(C)c1ccnc(-c2ccc(F)cc2F)c1.Cc1ccnc(-c2ccc(F)c(C#N)c2F)c1.Cc1ccnc(-c2ccc(F)cc2F)c1.Fc1ccc(-c2ccccn2)c(F)c1.Fc1ccc(-c2cccnc2)c(F)n1.N#Cc1c(F)ccc(-c2ccccn2)c1F. The molecule has 0 amide bonds. The van der Waals surface area contributed by atoms with Gasteiger partial charge in [-0.05, 0) is 165 Å². The maximum absolute atomic E-state index is 13.8. The molecule has 0 saturated heterocycles. The van der Waals surface area contributed by atoms with Gasteiger partial charge in [0, 0.05) is 120 Å². The lowest BCUT2D eigenvalue weighted by Crippen LogP contribution is -2.08. The Balaban J connectivity index is 0.000000158. The highest BCUT2D eigenvalue weighted by Gasteiger charge is 2.17. The van der Waals surface area contributed by atoms with E-state index >= 15 is 0 Å². The molecule has 0 fully saturated rings. The van der Waals surface area contributed by atoms with Crippen LogP contribution >= 0.6 is 0 Å². The summed E-state index contributed by atoms with van der Waals surface area (Å²) in [6, 6.07) is 44.7. The van der Waals surface area contributed by atoms with E-state index in [1.807, 2.05) is 45.0 Å². The number of anilines is 1. The highest BCUT2D eigenvalue weighted by Crippen LogP contribution is 2.29. The van der Waals surface area contributed by atoms with Crippen LogP contribution < -0.4 is 4.90 Å². The zero-order valence-corrected chi connectivity index (χ0v) is 49.3. The fraction of sp³-hybridized carbons (Fsp3) is 0.0563. The predicted molar refractivity (Wildman–Crippen MR) is 329 cm³/mol. The Morgan fingerprint density at radius 2 is 0.763 bits per heavy atom. The summed E-state index contributed by atoms with van der Waals surface area (Å²) in [6.07, 6.45) is 10.9. The van der Waals surface area contributed by atoms with E-state index in [2.05, 4.69) is 34.9 Å². The summed E-state index contributed by atoms with van der Waals surface area (Å²) in [5.74, 6) is -8.65. The molecule has 93 heavy (non-hydrogen) atoms. The molecule has 0 N–H and O–H groups in total. The van der Waals surface area contributed by atoms with Gasteiger partial charge in [-0.3, -0.25) is 29.9 Å². The molecule has 12 aromatic rings. The number of nitriles is 2. The Labute approximate surface area is 525 Å². The molecule has 466 valence electrons. The predicted octanol–water partition coefficient (Wildman–Crippen LogP) is 18.0. The number of aryl methyl sites for hydroxylation is 2. The van der Waals surface area contributed by atoms with Gasteiger partial charge in [0.25, 0.3) is 0 Å². The minimum atomic E-state index is -0.874. The van der Waals surface area contributed by atoms with Crippen molar-refractivity contribution in [2.75, 3.05) is 19.0 Å². The van der Waals surface area contributed by atoms with Gasteiger partial charge >= 0.3 is 0 Å². The van der Waals surface area contributed by atoms with Crippen LogP contribution in [-0.4, -0.2) is 49.0 Å². The Hall–Kier alpha value is -11.9. The van der Waals surface area contributed by atoms with Crippen LogP contribution in [0.2, 0.25) is 0 Å². The van der Waals surface area contributed by atoms with Crippen LogP contribution in [0.3, 0.4) is 0 Å². The van der Waals surface area contributed by atoms with Crippen molar-refractivity contribution < 1.29 is 52.7 Å². The highest BCUT2D eigenvalue weighted by molar-refractivity contribution is 5.67. The second kappa shape index (κ2) is 33.1. The first-order chi connectivity index (χ1) is 44.6. The van der Waals surface area contributed by atoms with Gasteiger partial charge in [0.15, 0.2) is 11.6 Å². The maximum Gasteiger partial charge on any atom is 0.223 e. The van der Waals surface area contributed by atoms with Crippen molar-refractivity contribution in [3.05, 3.63) is 312 Å². The molecule has 0 atom stereocenters. The van der Waals surface area contributed by atoms with Gasteiger partial charge in [0.2, 0.25) is 11.9 Å². The minimum absolute atomic E-state index is 0.124. The van der Waals surface area contributed by atoms with Gasteiger partial charge in [0.1, 0.15) is 69.8 Å². The molecule has 0 bridgehead atoms. The fourth-order valence-electron chi connectivity index (χ4n) is 8.20. The number of hydrogen-bond acceptors (Lipinski definition) is 10. The molecule has 10 nitrogen and oxygen atoms in total. The van der Waals surface area contributed by atoms with E-state index in [1.54, 1.807) is 104 Å². The van der Waals surface area contributed by atoms with Crippen molar-refractivity contribution in [3.8, 4) is 79.6 Å². The normalized spacial score (nSPS) is 10.1. The van der Waals surface area contributed by atoms with Gasteiger partial charge in [-0.2, -0.15) is 24.3 Å². The van der Waals surface area contributed by atoms with Crippen LogP contribution in [0.15, 0.2) is 219 Å². The minimum Gasteiger partial charge on any atom is -0.378 e. The number of nitrogens with zero attached hydrogens (tertiary/aromatic N) is 10. The van der Waals surface area contributed by atoms with Crippen molar-refractivity contribution in [2.45, 2.75) is 13.8 Å². The average molecular weight is 1270 g/mol. The van der Waals surface area contributed by atoms with Crippen LogP contribution in [0.25, 0.3) is 67.4 Å². The molecule has 22 heteroatoms. The van der Waals surface area contributed by atoms with E-state index in [0.29, 0.717) is 50.7 Å². The summed E-state index contributed by atoms with van der Waals surface area (Å²) in [6.45, 7) is 3.74. The molecule has 0 unspecified atom stereocenters. The van der Waals surface area contributed by atoms with Crippen LogP contribution in [-0.2, 0) is 0 Å². The van der Waals surface area contributed by atoms with Crippen LogP contribution in [0.4, 0.5) is 58.4 Å².